The molecule has 1 heterocycles. The van der Waals surface area contributed by atoms with Crippen LogP contribution in [-0.2, 0) is 5.41 Å². The van der Waals surface area contributed by atoms with Gasteiger partial charge in [-0.05, 0) is 96.7 Å². The summed E-state index contributed by atoms with van der Waals surface area (Å²) in [5, 5.41) is 2.56. The first kappa shape index (κ1) is 32.7. The molecule has 0 spiro atoms. The number of fused-ring (bicyclic) bond motifs is 4. The zero-order valence-corrected chi connectivity index (χ0v) is 30.9. The van der Waals surface area contributed by atoms with Crippen LogP contribution in [0.25, 0.3) is 89.2 Å². The zero-order valence-electron chi connectivity index (χ0n) is 30.9. The van der Waals surface area contributed by atoms with Crippen LogP contribution in [0, 0.1) is 0 Å². The van der Waals surface area contributed by atoms with Crippen LogP contribution in [0.1, 0.15) is 25.0 Å². The maximum absolute atomic E-state index is 5.20. The summed E-state index contributed by atoms with van der Waals surface area (Å²) in [4.78, 5) is 10.3. The first-order chi connectivity index (χ1) is 27.0. The van der Waals surface area contributed by atoms with E-state index >= 15 is 0 Å². The predicted molar refractivity (Wildman–Crippen MR) is 230 cm³/mol. The summed E-state index contributed by atoms with van der Waals surface area (Å²) >= 11 is 0. The molecule has 2 nitrogen and oxygen atoms in total. The molecule has 10 rings (SSSR count). The summed E-state index contributed by atoms with van der Waals surface area (Å²) < 4.78 is 0. The van der Waals surface area contributed by atoms with Gasteiger partial charge in [-0.2, -0.15) is 0 Å². The highest BCUT2D eigenvalue weighted by atomic mass is 14.9. The fourth-order valence-electron chi connectivity index (χ4n) is 8.46. The van der Waals surface area contributed by atoms with Gasteiger partial charge >= 0.3 is 0 Å². The fourth-order valence-corrected chi connectivity index (χ4v) is 8.46. The highest BCUT2D eigenvalue weighted by molar-refractivity contribution is 6.01. The Morgan fingerprint density at radius 2 is 0.836 bits per heavy atom. The summed E-state index contributed by atoms with van der Waals surface area (Å²) in [6.07, 6.45) is 0. The van der Waals surface area contributed by atoms with Crippen LogP contribution in [0.3, 0.4) is 0 Å². The molecule has 1 aliphatic carbocycles. The first-order valence-electron chi connectivity index (χ1n) is 19.0. The van der Waals surface area contributed by atoms with E-state index in [1.807, 2.05) is 18.2 Å². The van der Waals surface area contributed by atoms with Crippen molar-refractivity contribution >= 4 is 10.8 Å². The maximum Gasteiger partial charge on any atom is 0.160 e. The lowest BCUT2D eigenvalue weighted by Gasteiger charge is -2.22. The van der Waals surface area contributed by atoms with Crippen molar-refractivity contribution in [2.45, 2.75) is 19.3 Å². The zero-order chi connectivity index (χ0) is 36.9. The van der Waals surface area contributed by atoms with E-state index in [9.17, 15) is 0 Å². The molecule has 9 aromatic rings. The molecule has 0 saturated heterocycles. The van der Waals surface area contributed by atoms with Crippen molar-refractivity contribution in [2.75, 3.05) is 0 Å². The van der Waals surface area contributed by atoms with Crippen molar-refractivity contribution in [1.82, 2.24) is 9.97 Å². The monoisotopic (exact) mass is 702 g/mol. The second kappa shape index (κ2) is 13.2. The Hall–Kier alpha value is -6.90. The second-order valence-corrected chi connectivity index (χ2v) is 15.0. The van der Waals surface area contributed by atoms with E-state index in [0.29, 0.717) is 5.82 Å². The average Bonchev–Trinajstić information content (AvgIpc) is 3.48. The summed E-state index contributed by atoms with van der Waals surface area (Å²) in [6, 6.07) is 69.6. The van der Waals surface area contributed by atoms with Crippen LogP contribution in [0.15, 0.2) is 194 Å². The third kappa shape index (κ3) is 5.75. The van der Waals surface area contributed by atoms with Crippen molar-refractivity contribution in [3.8, 4) is 78.4 Å². The van der Waals surface area contributed by atoms with Crippen molar-refractivity contribution in [3.05, 3.63) is 205 Å². The van der Waals surface area contributed by atoms with Gasteiger partial charge in [-0.25, -0.2) is 9.97 Å². The topological polar surface area (TPSA) is 25.8 Å². The molecule has 0 aliphatic heterocycles. The molecular formula is C53H38N2. The minimum Gasteiger partial charge on any atom is -0.228 e. The number of benzene rings is 8. The molecular weight excluding hydrogens is 665 g/mol. The molecule has 8 aromatic carbocycles. The Balaban J connectivity index is 1.11. The van der Waals surface area contributed by atoms with Gasteiger partial charge in [0.15, 0.2) is 5.82 Å². The minimum absolute atomic E-state index is 0.110. The second-order valence-electron chi connectivity index (χ2n) is 15.0. The number of rotatable bonds is 6. The van der Waals surface area contributed by atoms with Crippen molar-refractivity contribution < 1.29 is 0 Å². The number of hydrogen-bond donors (Lipinski definition) is 0. The molecule has 1 aliphatic rings. The van der Waals surface area contributed by atoms with Crippen molar-refractivity contribution in [3.63, 3.8) is 0 Å². The van der Waals surface area contributed by atoms with Gasteiger partial charge in [0, 0.05) is 22.1 Å². The lowest BCUT2D eigenvalue weighted by molar-refractivity contribution is 0.661. The third-order valence-corrected chi connectivity index (χ3v) is 11.3. The molecule has 2 heteroatoms. The van der Waals surface area contributed by atoms with Gasteiger partial charge < -0.3 is 0 Å². The first-order valence-corrected chi connectivity index (χ1v) is 19.0. The number of nitrogens with zero attached hydrogens (tertiary/aromatic N) is 2. The third-order valence-electron chi connectivity index (χ3n) is 11.3. The van der Waals surface area contributed by atoms with Crippen LogP contribution >= 0.6 is 0 Å². The van der Waals surface area contributed by atoms with Gasteiger partial charge in [0.25, 0.3) is 0 Å². The van der Waals surface area contributed by atoms with Gasteiger partial charge in [0.1, 0.15) is 0 Å². The molecule has 1 aromatic heterocycles. The molecule has 55 heavy (non-hydrogen) atoms. The van der Waals surface area contributed by atoms with Crippen LogP contribution < -0.4 is 0 Å². The van der Waals surface area contributed by atoms with Gasteiger partial charge in [0.05, 0.1) is 11.4 Å². The standard InChI is InChI=1S/C53H38N2/c1-53(2)47-29-15-28-45(51(47)46-32-38-20-9-10-21-39(38)33-48(46)53)44-27-12-11-26-43(44)40-23-14-25-42(31-40)50-34-49(54-52(55-50)36-18-7-4-8-19-36)41-24-13-22-37(30-41)35-16-5-3-6-17-35/h3-34H,1-2H3. The van der Waals surface area contributed by atoms with E-state index in [4.69, 9.17) is 9.97 Å². The predicted octanol–water partition coefficient (Wildman–Crippen LogP) is 13.9. The van der Waals surface area contributed by atoms with Crippen LogP contribution in [-0.4, -0.2) is 9.97 Å². The van der Waals surface area contributed by atoms with Gasteiger partial charge in [-0.3, -0.25) is 0 Å². The molecule has 0 N–H and O–H groups in total. The Bertz CT molecular complexity index is 2890. The van der Waals surface area contributed by atoms with Crippen LogP contribution in [0.4, 0.5) is 0 Å². The van der Waals surface area contributed by atoms with Gasteiger partial charge in [-0.1, -0.05) is 178 Å². The van der Waals surface area contributed by atoms with E-state index in [0.717, 1.165) is 39.2 Å². The summed E-state index contributed by atoms with van der Waals surface area (Å²) in [6.45, 7) is 4.73. The quantitative estimate of drug-likeness (QED) is 0.172. The molecule has 0 unspecified atom stereocenters. The van der Waals surface area contributed by atoms with E-state index < -0.39 is 0 Å². The molecule has 0 atom stereocenters. The largest absolute Gasteiger partial charge is 0.228 e. The Kier molecular flexibility index (Phi) is 7.85. The number of aromatic nitrogens is 2. The lowest BCUT2D eigenvalue weighted by atomic mass is 9.81. The smallest absolute Gasteiger partial charge is 0.160 e. The summed E-state index contributed by atoms with van der Waals surface area (Å²) in [5.41, 5.74) is 17.3. The Labute approximate surface area is 322 Å². The lowest BCUT2D eigenvalue weighted by Crippen LogP contribution is -2.14. The van der Waals surface area contributed by atoms with Gasteiger partial charge in [-0.15, -0.1) is 0 Å². The van der Waals surface area contributed by atoms with E-state index in [2.05, 4.69) is 190 Å². The normalized spacial score (nSPS) is 12.7. The van der Waals surface area contributed by atoms with Crippen molar-refractivity contribution in [1.29, 1.82) is 0 Å². The van der Waals surface area contributed by atoms with Gasteiger partial charge in [0.2, 0.25) is 0 Å². The molecule has 260 valence electrons. The van der Waals surface area contributed by atoms with E-state index in [1.165, 1.54) is 55.3 Å². The minimum atomic E-state index is -0.110. The van der Waals surface area contributed by atoms with Crippen LogP contribution in [0.2, 0.25) is 0 Å². The summed E-state index contributed by atoms with van der Waals surface area (Å²) in [7, 11) is 0. The number of hydrogen-bond acceptors (Lipinski definition) is 2. The van der Waals surface area contributed by atoms with E-state index in [1.54, 1.807) is 0 Å². The molecule has 0 amide bonds. The van der Waals surface area contributed by atoms with Crippen LogP contribution in [0.5, 0.6) is 0 Å². The SMILES string of the molecule is CC1(C)c2cc3ccccc3cc2-c2c(-c3ccccc3-c3cccc(-c4cc(-c5cccc(-c6ccccc6)c5)nc(-c5ccccc5)n4)c3)cccc21. The summed E-state index contributed by atoms with van der Waals surface area (Å²) in [5.74, 6) is 0.706. The molecule has 0 fully saturated rings. The Morgan fingerprint density at radius 1 is 0.327 bits per heavy atom. The average molecular weight is 703 g/mol. The molecule has 0 bridgehead atoms. The highest BCUT2D eigenvalue weighted by Gasteiger charge is 2.37. The molecule has 0 saturated carbocycles. The Morgan fingerprint density at radius 3 is 1.55 bits per heavy atom. The molecule has 0 radical (unpaired) electrons. The van der Waals surface area contributed by atoms with Crippen molar-refractivity contribution in [2.24, 2.45) is 0 Å². The fraction of sp³-hybridized carbons (Fsp3) is 0.0566. The highest BCUT2D eigenvalue weighted by Crippen LogP contribution is 2.54. The maximum atomic E-state index is 5.20. The van der Waals surface area contributed by atoms with E-state index in [-0.39, 0.29) is 5.41 Å².